The van der Waals surface area contributed by atoms with Gasteiger partial charge in [-0.1, -0.05) is 76.7 Å². The number of aromatic amines is 1. The third-order valence-electron chi connectivity index (χ3n) is 6.21. The van der Waals surface area contributed by atoms with E-state index in [1.807, 2.05) is 30.3 Å². The van der Waals surface area contributed by atoms with Crippen LogP contribution in [0, 0.1) is 0 Å². The van der Waals surface area contributed by atoms with Crippen molar-refractivity contribution in [2.24, 2.45) is 0 Å². The van der Waals surface area contributed by atoms with E-state index in [1.54, 1.807) is 22.5 Å². The quantitative estimate of drug-likeness (QED) is 0.197. The van der Waals surface area contributed by atoms with Gasteiger partial charge in [-0.3, -0.25) is 14.8 Å². The Kier molecular flexibility index (Phi) is 6.42. The molecule has 0 saturated heterocycles. The number of para-hydroxylation sites is 1. The smallest absolute Gasteiger partial charge is 0.275 e. The van der Waals surface area contributed by atoms with E-state index in [2.05, 4.69) is 4.98 Å². The molecule has 3 aromatic carbocycles. The van der Waals surface area contributed by atoms with E-state index in [0.29, 0.717) is 28.6 Å². The number of amides is 2. The summed E-state index contributed by atoms with van der Waals surface area (Å²) in [7, 11) is 0. The maximum absolute atomic E-state index is 14.0. The number of fused-ring (bicyclic) bond motifs is 3. The van der Waals surface area contributed by atoms with E-state index in [-0.39, 0.29) is 21.2 Å². The first-order chi connectivity index (χ1) is 16.8. The third kappa shape index (κ3) is 4.05. The Balaban J connectivity index is 1.72. The first-order valence-electron chi connectivity index (χ1n) is 10.6. The molecule has 2 heterocycles. The fraction of sp³-hybridized carbons (Fsp3) is 0.120. The number of hydroxylamine groups is 1. The highest BCUT2D eigenvalue weighted by Gasteiger charge is 2.37. The van der Waals surface area contributed by atoms with E-state index in [0.717, 1.165) is 22.2 Å². The molecule has 1 aliphatic rings. The van der Waals surface area contributed by atoms with Crippen LogP contribution in [-0.2, 0) is 6.42 Å². The Morgan fingerprint density at radius 3 is 2.40 bits per heavy atom. The normalized spacial score (nSPS) is 15.2. The van der Waals surface area contributed by atoms with Crippen molar-refractivity contribution in [3.63, 3.8) is 0 Å². The number of H-pyrrole nitrogens is 1. The lowest BCUT2D eigenvalue weighted by molar-refractivity contribution is 0.0661. The molecule has 0 fully saturated rings. The maximum Gasteiger partial charge on any atom is 0.275 e. The Bertz CT molecular complexity index is 1500. The summed E-state index contributed by atoms with van der Waals surface area (Å²) < 4.78 is 0. The number of rotatable bonds is 3. The lowest BCUT2D eigenvalue weighted by atomic mass is 9.91. The average Bonchev–Trinajstić information content (AvgIpc) is 3.24. The molecule has 178 valence electrons. The summed E-state index contributed by atoms with van der Waals surface area (Å²) in [6, 6.07) is 15.1. The van der Waals surface area contributed by atoms with E-state index in [4.69, 9.17) is 46.4 Å². The summed E-state index contributed by atoms with van der Waals surface area (Å²) in [5.74, 6) is -1.36. The second-order valence-electron chi connectivity index (χ2n) is 8.11. The maximum atomic E-state index is 14.0. The van der Waals surface area contributed by atoms with Gasteiger partial charge < -0.3 is 9.88 Å². The predicted octanol–water partition coefficient (Wildman–Crippen LogP) is 6.69. The summed E-state index contributed by atoms with van der Waals surface area (Å²) in [5.41, 5.74) is 4.90. The molecular weight excluding hydrogens is 532 g/mol. The number of halogens is 4. The first kappa shape index (κ1) is 24.0. The highest BCUT2D eigenvalue weighted by Crippen LogP contribution is 2.43. The monoisotopic (exact) mass is 547 g/mol. The van der Waals surface area contributed by atoms with Crippen LogP contribution in [0.1, 0.15) is 43.6 Å². The molecule has 0 spiro atoms. The van der Waals surface area contributed by atoms with Crippen LogP contribution in [0.3, 0.4) is 0 Å². The lowest BCUT2D eigenvalue weighted by Gasteiger charge is -2.37. The van der Waals surface area contributed by atoms with Gasteiger partial charge in [-0.2, -0.15) is 0 Å². The Labute approximate surface area is 220 Å². The lowest BCUT2D eigenvalue weighted by Crippen LogP contribution is -2.41. The van der Waals surface area contributed by atoms with Crippen molar-refractivity contribution in [3.8, 4) is 0 Å². The largest absolute Gasteiger partial charge is 0.356 e. The molecule has 3 N–H and O–H groups in total. The fourth-order valence-corrected chi connectivity index (χ4v) is 5.38. The van der Waals surface area contributed by atoms with Crippen molar-refractivity contribution in [2.45, 2.75) is 12.5 Å². The van der Waals surface area contributed by atoms with Crippen molar-refractivity contribution in [2.75, 3.05) is 6.54 Å². The van der Waals surface area contributed by atoms with Gasteiger partial charge in [0.25, 0.3) is 11.8 Å². The number of aromatic nitrogens is 1. The van der Waals surface area contributed by atoms with E-state index in [1.165, 1.54) is 12.1 Å². The molecule has 0 bridgehead atoms. The molecule has 4 aromatic rings. The van der Waals surface area contributed by atoms with E-state index >= 15 is 0 Å². The summed E-state index contributed by atoms with van der Waals surface area (Å²) in [5, 5.41) is 11.2. The van der Waals surface area contributed by atoms with Crippen LogP contribution >= 0.6 is 46.4 Å². The molecule has 1 atom stereocenters. The summed E-state index contributed by atoms with van der Waals surface area (Å²) in [6.07, 6.45) is 0.572. The van der Waals surface area contributed by atoms with Gasteiger partial charge >= 0.3 is 0 Å². The van der Waals surface area contributed by atoms with Crippen LogP contribution in [-0.4, -0.2) is 33.5 Å². The molecule has 1 aromatic heterocycles. The molecule has 10 heteroatoms. The van der Waals surface area contributed by atoms with Gasteiger partial charge in [0, 0.05) is 28.7 Å². The van der Waals surface area contributed by atoms with Crippen LogP contribution in [0.4, 0.5) is 0 Å². The van der Waals surface area contributed by atoms with Gasteiger partial charge in [-0.25, -0.2) is 5.48 Å². The minimum atomic E-state index is -0.882. The molecule has 6 nitrogen and oxygen atoms in total. The van der Waals surface area contributed by atoms with E-state index < -0.39 is 17.9 Å². The number of nitrogens with one attached hydrogen (secondary N) is 2. The SMILES string of the molecule is O=C(NO)c1cc(Cl)c(Cl)cc1C(=O)N1CCc2c([nH]c3ccccc23)C1c1cccc(Cl)c1Cl. The minimum absolute atomic E-state index is 0.00587. The van der Waals surface area contributed by atoms with Gasteiger partial charge in [0.1, 0.15) is 0 Å². The molecular formula is C25H17Cl4N3O3. The van der Waals surface area contributed by atoms with Gasteiger partial charge in [0.05, 0.1) is 37.3 Å². The van der Waals surface area contributed by atoms with Gasteiger partial charge in [0.2, 0.25) is 0 Å². The zero-order valence-corrected chi connectivity index (χ0v) is 20.9. The Morgan fingerprint density at radius 2 is 1.66 bits per heavy atom. The van der Waals surface area contributed by atoms with Crippen LogP contribution in [0.2, 0.25) is 20.1 Å². The molecule has 0 radical (unpaired) electrons. The van der Waals surface area contributed by atoms with Crippen LogP contribution in [0.15, 0.2) is 54.6 Å². The van der Waals surface area contributed by atoms with Crippen molar-refractivity contribution in [1.29, 1.82) is 0 Å². The molecule has 0 saturated carbocycles. The number of carbonyl (C=O) groups excluding carboxylic acids is 2. The molecule has 1 unspecified atom stereocenters. The number of benzene rings is 3. The number of hydrogen-bond acceptors (Lipinski definition) is 3. The molecule has 2 amide bonds. The summed E-state index contributed by atoms with van der Waals surface area (Å²) in [6.45, 7) is 0.335. The summed E-state index contributed by atoms with van der Waals surface area (Å²) in [4.78, 5) is 31.4. The van der Waals surface area contributed by atoms with Crippen molar-refractivity contribution in [1.82, 2.24) is 15.4 Å². The number of hydrogen-bond donors (Lipinski definition) is 3. The Morgan fingerprint density at radius 1 is 0.943 bits per heavy atom. The standard InChI is InChI=1S/C25H17Cl4N3O3/c26-17-6-3-5-14(21(17)29)23-22-13(12-4-1-2-7-20(12)30-22)8-9-32(23)25(34)16-11-19(28)18(27)10-15(16)24(33)31-35/h1-7,10-11,23,30,35H,8-9H2,(H,31,33). The highest BCUT2D eigenvalue weighted by atomic mass is 35.5. The second kappa shape index (κ2) is 9.37. The third-order valence-corrected chi connectivity index (χ3v) is 7.76. The average molecular weight is 549 g/mol. The van der Waals surface area contributed by atoms with Gasteiger partial charge in [0.15, 0.2) is 0 Å². The van der Waals surface area contributed by atoms with Crippen LogP contribution in [0.5, 0.6) is 0 Å². The summed E-state index contributed by atoms with van der Waals surface area (Å²) >= 11 is 25.3. The van der Waals surface area contributed by atoms with Crippen LogP contribution < -0.4 is 5.48 Å². The number of nitrogens with zero attached hydrogens (tertiary/aromatic N) is 1. The Hall–Kier alpha value is -2.74. The highest BCUT2D eigenvalue weighted by molar-refractivity contribution is 6.43. The topological polar surface area (TPSA) is 85.4 Å². The zero-order valence-electron chi connectivity index (χ0n) is 17.9. The van der Waals surface area contributed by atoms with Gasteiger partial charge in [-0.05, 0) is 36.2 Å². The van der Waals surface area contributed by atoms with Crippen molar-refractivity contribution >= 4 is 69.1 Å². The second-order valence-corrected chi connectivity index (χ2v) is 9.71. The molecule has 5 rings (SSSR count). The molecule has 1 aliphatic heterocycles. The zero-order chi connectivity index (χ0) is 24.9. The van der Waals surface area contributed by atoms with Crippen molar-refractivity contribution in [3.05, 3.63) is 103 Å². The molecule has 35 heavy (non-hydrogen) atoms. The van der Waals surface area contributed by atoms with Crippen LogP contribution in [0.25, 0.3) is 10.9 Å². The van der Waals surface area contributed by atoms with Crippen molar-refractivity contribution < 1.29 is 14.8 Å². The minimum Gasteiger partial charge on any atom is -0.356 e. The van der Waals surface area contributed by atoms with E-state index in [9.17, 15) is 14.8 Å². The predicted molar refractivity (Wildman–Crippen MR) is 137 cm³/mol. The number of carbonyl (C=O) groups is 2. The first-order valence-corrected chi connectivity index (χ1v) is 12.1. The molecule has 0 aliphatic carbocycles. The fourth-order valence-electron chi connectivity index (χ4n) is 4.64. The van der Waals surface area contributed by atoms with Gasteiger partial charge in [-0.15, -0.1) is 0 Å².